The first-order valence-electron chi connectivity index (χ1n) is 6.52. The minimum Gasteiger partial charge on any atom is -0.392 e. The van der Waals surface area contributed by atoms with Crippen molar-refractivity contribution in [2.75, 3.05) is 6.54 Å². The lowest BCUT2D eigenvalue weighted by Gasteiger charge is -2.29. The van der Waals surface area contributed by atoms with Crippen LogP contribution in [0.1, 0.15) is 37.4 Å². The van der Waals surface area contributed by atoms with Gasteiger partial charge in [-0.15, -0.1) is 0 Å². The molecule has 0 bridgehead atoms. The Balaban J connectivity index is 1.86. The van der Waals surface area contributed by atoms with E-state index in [0.717, 1.165) is 35.7 Å². The standard InChI is InChI=1S/C14H20BrNO2/c15-11-5-3-4-10(8-11)14(18)9-16-12-6-1-2-7-13(12)17/h3-5,8,12-14,16-18H,1-2,6-7,9H2. The van der Waals surface area contributed by atoms with Crippen LogP contribution in [-0.2, 0) is 0 Å². The molecule has 0 saturated heterocycles. The fraction of sp³-hybridized carbons (Fsp3) is 0.571. The van der Waals surface area contributed by atoms with Gasteiger partial charge in [0.05, 0.1) is 12.2 Å². The lowest BCUT2D eigenvalue weighted by Crippen LogP contribution is -2.43. The van der Waals surface area contributed by atoms with E-state index in [0.29, 0.717) is 6.54 Å². The van der Waals surface area contributed by atoms with Crippen LogP contribution in [0.3, 0.4) is 0 Å². The molecule has 3 N–H and O–H groups in total. The van der Waals surface area contributed by atoms with E-state index in [-0.39, 0.29) is 12.1 Å². The zero-order chi connectivity index (χ0) is 13.0. The van der Waals surface area contributed by atoms with E-state index in [1.54, 1.807) is 0 Å². The van der Waals surface area contributed by atoms with Crippen molar-refractivity contribution in [2.45, 2.75) is 43.9 Å². The van der Waals surface area contributed by atoms with Crippen LogP contribution in [0.5, 0.6) is 0 Å². The Labute approximate surface area is 116 Å². The smallest absolute Gasteiger partial charge is 0.0914 e. The molecule has 18 heavy (non-hydrogen) atoms. The third kappa shape index (κ3) is 3.79. The lowest BCUT2D eigenvalue weighted by atomic mass is 9.92. The Kier molecular flexibility index (Phi) is 5.18. The summed E-state index contributed by atoms with van der Waals surface area (Å²) in [5.74, 6) is 0. The quantitative estimate of drug-likeness (QED) is 0.800. The highest BCUT2D eigenvalue weighted by atomic mass is 79.9. The molecule has 4 heteroatoms. The van der Waals surface area contributed by atoms with E-state index >= 15 is 0 Å². The number of nitrogens with one attached hydrogen (secondary N) is 1. The summed E-state index contributed by atoms with van der Waals surface area (Å²) in [7, 11) is 0. The number of hydrogen-bond acceptors (Lipinski definition) is 3. The largest absolute Gasteiger partial charge is 0.392 e. The van der Waals surface area contributed by atoms with E-state index in [2.05, 4.69) is 21.2 Å². The van der Waals surface area contributed by atoms with Crippen molar-refractivity contribution in [1.29, 1.82) is 0 Å². The number of aliphatic hydroxyl groups excluding tert-OH is 2. The molecular weight excluding hydrogens is 294 g/mol. The molecule has 0 amide bonds. The molecule has 0 aliphatic heterocycles. The van der Waals surface area contributed by atoms with Gasteiger partial charge in [-0.3, -0.25) is 0 Å². The van der Waals surface area contributed by atoms with Crippen molar-refractivity contribution in [1.82, 2.24) is 5.32 Å². The summed E-state index contributed by atoms with van der Waals surface area (Å²) in [6.45, 7) is 0.484. The second kappa shape index (κ2) is 6.66. The van der Waals surface area contributed by atoms with Crippen LogP contribution in [0.25, 0.3) is 0 Å². The van der Waals surface area contributed by atoms with Crippen LogP contribution in [0.4, 0.5) is 0 Å². The Bertz CT molecular complexity index is 386. The monoisotopic (exact) mass is 313 g/mol. The minimum atomic E-state index is -0.531. The predicted molar refractivity (Wildman–Crippen MR) is 75.4 cm³/mol. The molecule has 0 aromatic heterocycles. The first-order valence-corrected chi connectivity index (χ1v) is 7.31. The van der Waals surface area contributed by atoms with Gasteiger partial charge in [0.1, 0.15) is 0 Å². The molecule has 1 aliphatic rings. The summed E-state index contributed by atoms with van der Waals surface area (Å²) >= 11 is 3.40. The van der Waals surface area contributed by atoms with Crippen molar-refractivity contribution < 1.29 is 10.2 Å². The van der Waals surface area contributed by atoms with Crippen molar-refractivity contribution in [3.63, 3.8) is 0 Å². The molecule has 2 rings (SSSR count). The molecule has 100 valence electrons. The molecule has 0 heterocycles. The van der Waals surface area contributed by atoms with E-state index in [9.17, 15) is 10.2 Å². The number of halogens is 1. The van der Waals surface area contributed by atoms with E-state index in [1.165, 1.54) is 0 Å². The summed E-state index contributed by atoms with van der Waals surface area (Å²) in [5, 5.41) is 23.2. The van der Waals surface area contributed by atoms with Crippen LogP contribution < -0.4 is 5.32 Å². The number of hydrogen-bond donors (Lipinski definition) is 3. The SMILES string of the molecule is OC(CNC1CCCCC1O)c1cccc(Br)c1. The maximum Gasteiger partial charge on any atom is 0.0914 e. The van der Waals surface area contributed by atoms with Gasteiger partial charge in [-0.05, 0) is 30.5 Å². The summed E-state index contributed by atoms with van der Waals surface area (Å²) in [4.78, 5) is 0. The Morgan fingerprint density at radius 3 is 2.83 bits per heavy atom. The maximum atomic E-state index is 10.1. The third-order valence-corrected chi connectivity index (χ3v) is 4.03. The van der Waals surface area contributed by atoms with Gasteiger partial charge in [0.2, 0.25) is 0 Å². The topological polar surface area (TPSA) is 52.5 Å². The number of rotatable bonds is 4. The van der Waals surface area contributed by atoms with Gasteiger partial charge < -0.3 is 15.5 Å². The lowest BCUT2D eigenvalue weighted by molar-refractivity contribution is 0.0797. The Morgan fingerprint density at radius 1 is 1.33 bits per heavy atom. The van der Waals surface area contributed by atoms with Crippen molar-refractivity contribution in [2.24, 2.45) is 0 Å². The first kappa shape index (κ1) is 14.0. The van der Waals surface area contributed by atoms with Gasteiger partial charge in [0, 0.05) is 17.1 Å². The molecule has 3 nitrogen and oxygen atoms in total. The summed E-state index contributed by atoms with van der Waals surface area (Å²) in [6, 6.07) is 7.81. The van der Waals surface area contributed by atoms with Crippen LogP contribution in [0, 0.1) is 0 Å². The highest BCUT2D eigenvalue weighted by Crippen LogP contribution is 2.20. The number of aliphatic hydroxyl groups is 2. The molecular formula is C14H20BrNO2. The summed E-state index contributed by atoms with van der Waals surface area (Å²) in [6.07, 6.45) is 3.32. The fourth-order valence-electron chi connectivity index (χ4n) is 2.44. The van der Waals surface area contributed by atoms with Gasteiger partial charge >= 0.3 is 0 Å². The molecule has 3 atom stereocenters. The van der Waals surface area contributed by atoms with E-state index < -0.39 is 6.10 Å². The average Bonchev–Trinajstić information content (AvgIpc) is 2.37. The van der Waals surface area contributed by atoms with Gasteiger partial charge in [0.15, 0.2) is 0 Å². The van der Waals surface area contributed by atoms with Crippen molar-refractivity contribution >= 4 is 15.9 Å². The molecule has 3 unspecified atom stereocenters. The van der Waals surface area contributed by atoms with Gasteiger partial charge in [-0.25, -0.2) is 0 Å². The zero-order valence-corrected chi connectivity index (χ0v) is 11.9. The molecule has 1 fully saturated rings. The van der Waals surface area contributed by atoms with Crippen molar-refractivity contribution in [3.05, 3.63) is 34.3 Å². The highest BCUT2D eigenvalue weighted by Gasteiger charge is 2.23. The third-order valence-electron chi connectivity index (χ3n) is 3.54. The summed E-state index contributed by atoms with van der Waals surface area (Å²) < 4.78 is 0.969. The van der Waals surface area contributed by atoms with Crippen LogP contribution in [-0.4, -0.2) is 28.9 Å². The Morgan fingerprint density at radius 2 is 2.11 bits per heavy atom. The first-order chi connectivity index (χ1) is 8.66. The summed E-state index contributed by atoms with van der Waals surface area (Å²) in [5.41, 5.74) is 0.891. The molecule has 0 radical (unpaired) electrons. The highest BCUT2D eigenvalue weighted by molar-refractivity contribution is 9.10. The molecule has 0 spiro atoms. The van der Waals surface area contributed by atoms with Gasteiger partial charge in [-0.1, -0.05) is 40.9 Å². The molecule has 1 aromatic carbocycles. The minimum absolute atomic E-state index is 0.126. The fourth-order valence-corrected chi connectivity index (χ4v) is 2.86. The van der Waals surface area contributed by atoms with Crippen molar-refractivity contribution in [3.8, 4) is 0 Å². The Hall–Kier alpha value is -0.420. The van der Waals surface area contributed by atoms with Crippen LogP contribution in [0.15, 0.2) is 28.7 Å². The molecule has 1 aromatic rings. The van der Waals surface area contributed by atoms with E-state index in [1.807, 2.05) is 24.3 Å². The molecule has 1 saturated carbocycles. The average molecular weight is 314 g/mol. The second-order valence-corrected chi connectivity index (χ2v) is 5.85. The second-order valence-electron chi connectivity index (χ2n) is 4.94. The number of benzene rings is 1. The molecule has 1 aliphatic carbocycles. The van der Waals surface area contributed by atoms with Crippen LogP contribution >= 0.6 is 15.9 Å². The van der Waals surface area contributed by atoms with Gasteiger partial charge in [-0.2, -0.15) is 0 Å². The van der Waals surface area contributed by atoms with Gasteiger partial charge in [0.25, 0.3) is 0 Å². The normalized spacial score (nSPS) is 25.9. The van der Waals surface area contributed by atoms with E-state index in [4.69, 9.17) is 0 Å². The van der Waals surface area contributed by atoms with Crippen LogP contribution in [0.2, 0.25) is 0 Å². The zero-order valence-electron chi connectivity index (χ0n) is 10.3. The predicted octanol–water partition coefficient (Wildman–Crippen LogP) is 2.38. The maximum absolute atomic E-state index is 10.1.